The van der Waals surface area contributed by atoms with Crippen LogP contribution in [0.2, 0.25) is 0 Å². The fourth-order valence-corrected chi connectivity index (χ4v) is 3.93. The maximum atomic E-state index is 12.1. The molecule has 1 unspecified atom stereocenters. The Balaban J connectivity index is 1.74. The van der Waals surface area contributed by atoms with Crippen LogP contribution in [0.4, 0.5) is 0 Å². The Morgan fingerprint density at radius 2 is 2.17 bits per heavy atom. The number of aryl methyl sites for hydroxylation is 2. The lowest BCUT2D eigenvalue weighted by molar-refractivity contribution is -0.117. The van der Waals surface area contributed by atoms with Gasteiger partial charge in [-0.1, -0.05) is 0 Å². The number of fused-ring (bicyclic) bond motifs is 1. The summed E-state index contributed by atoms with van der Waals surface area (Å²) in [4.78, 5) is 31.3. The molecule has 0 saturated heterocycles. The molecule has 0 bridgehead atoms. The lowest BCUT2D eigenvalue weighted by Gasteiger charge is -2.10. The highest BCUT2D eigenvalue weighted by atomic mass is 32.1. The molecule has 0 aliphatic heterocycles. The number of hydrogen-bond acceptors (Lipinski definition) is 6. The minimum atomic E-state index is -0.494. The first kappa shape index (κ1) is 16.6. The molecule has 0 aromatic carbocycles. The molecule has 1 atom stereocenters. The van der Waals surface area contributed by atoms with Crippen LogP contribution in [0, 0.1) is 13.8 Å². The van der Waals surface area contributed by atoms with Crippen molar-refractivity contribution in [2.75, 3.05) is 0 Å². The maximum absolute atomic E-state index is 12.1. The number of rotatable bonds is 4. The monoisotopic (exact) mass is 360 g/mol. The number of nitrogens with zero attached hydrogens (tertiary/aromatic N) is 1. The molecule has 1 N–H and O–H groups in total. The molecule has 3 heterocycles. The smallest absolute Gasteiger partial charge is 0.348 e. The predicted molar refractivity (Wildman–Crippen MR) is 97.5 cm³/mol. The highest BCUT2D eigenvalue weighted by Crippen LogP contribution is 2.22. The highest BCUT2D eigenvalue weighted by molar-refractivity contribution is 7.16. The molecule has 0 spiro atoms. The van der Waals surface area contributed by atoms with Gasteiger partial charge in [-0.2, -0.15) is 0 Å². The van der Waals surface area contributed by atoms with Crippen molar-refractivity contribution in [2.24, 2.45) is 0 Å². The lowest BCUT2D eigenvalue weighted by Crippen LogP contribution is -2.26. The first-order valence-corrected chi connectivity index (χ1v) is 9.07. The van der Waals surface area contributed by atoms with Crippen molar-refractivity contribution in [3.63, 3.8) is 0 Å². The third kappa shape index (κ3) is 3.47. The van der Waals surface area contributed by atoms with Crippen molar-refractivity contribution >= 4 is 44.9 Å². The van der Waals surface area contributed by atoms with Crippen LogP contribution in [0.15, 0.2) is 32.8 Å². The molecule has 124 valence electrons. The van der Waals surface area contributed by atoms with Gasteiger partial charge in [0, 0.05) is 15.8 Å². The van der Waals surface area contributed by atoms with Gasteiger partial charge in [0.1, 0.15) is 10.9 Å². The number of nitrogens with one attached hydrogen (secondary N) is 1. The van der Waals surface area contributed by atoms with Crippen molar-refractivity contribution in [2.45, 2.75) is 26.8 Å². The zero-order chi connectivity index (χ0) is 17.3. The van der Waals surface area contributed by atoms with Gasteiger partial charge < -0.3 is 9.73 Å². The van der Waals surface area contributed by atoms with E-state index in [1.165, 1.54) is 22.3 Å². The van der Waals surface area contributed by atoms with E-state index in [-0.39, 0.29) is 11.8 Å². The minimum absolute atomic E-state index is 0.211. The van der Waals surface area contributed by atoms with Crippen LogP contribution in [0.3, 0.4) is 0 Å². The van der Waals surface area contributed by atoms with Gasteiger partial charge in [0.05, 0.1) is 5.39 Å². The number of aromatic nitrogens is 1. The zero-order valence-corrected chi connectivity index (χ0v) is 15.1. The minimum Gasteiger partial charge on any atom is -0.406 e. The molecule has 5 nitrogen and oxygen atoms in total. The third-order valence-corrected chi connectivity index (χ3v) is 5.41. The van der Waals surface area contributed by atoms with Crippen molar-refractivity contribution in [3.05, 3.63) is 55.2 Å². The molecule has 24 heavy (non-hydrogen) atoms. The molecule has 0 saturated carbocycles. The SMILES string of the molecule is Cc1ccc(/C=C/C(=O)NC(C)c2nc3scc(C)c3c(=O)o2)s1. The van der Waals surface area contributed by atoms with Gasteiger partial charge in [0.15, 0.2) is 0 Å². The average Bonchev–Trinajstić information content (AvgIpc) is 3.11. The molecule has 0 radical (unpaired) electrons. The summed E-state index contributed by atoms with van der Waals surface area (Å²) in [5, 5.41) is 5.14. The molecule has 7 heteroatoms. The van der Waals surface area contributed by atoms with Crippen molar-refractivity contribution in [1.82, 2.24) is 10.3 Å². The number of hydrogen-bond donors (Lipinski definition) is 1. The summed E-state index contributed by atoms with van der Waals surface area (Å²) in [5.74, 6) is -0.0523. The summed E-state index contributed by atoms with van der Waals surface area (Å²) in [6, 6.07) is 3.47. The normalized spacial score (nSPS) is 12.8. The number of thiophene rings is 2. The maximum Gasteiger partial charge on any atom is 0.348 e. The first-order valence-electron chi connectivity index (χ1n) is 7.38. The van der Waals surface area contributed by atoms with E-state index in [9.17, 15) is 9.59 Å². The van der Waals surface area contributed by atoms with E-state index in [4.69, 9.17) is 4.42 Å². The van der Waals surface area contributed by atoms with Crippen LogP contribution in [0.1, 0.15) is 34.2 Å². The summed E-state index contributed by atoms with van der Waals surface area (Å²) < 4.78 is 5.26. The van der Waals surface area contributed by atoms with E-state index in [1.54, 1.807) is 24.3 Å². The van der Waals surface area contributed by atoms with E-state index in [0.717, 1.165) is 10.4 Å². The molecule has 3 aromatic rings. The van der Waals surface area contributed by atoms with E-state index in [0.29, 0.717) is 10.2 Å². The zero-order valence-electron chi connectivity index (χ0n) is 13.5. The van der Waals surface area contributed by atoms with E-state index in [1.807, 2.05) is 31.4 Å². The number of carbonyl (C=O) groups excluding carboxylic acids is 1. The van der Waals surface area contributed by atoms with Gasteiger partial charge in [-0.25, -0.2) is 9.78 Å². The Bertz CT molecular complexity index is 981. The average molecular weight is 360 g/mol. The van der Waals surface area contributed by atoms with E-state index in [2.05, 4.69) is 10.3 Å². The second kappa shape index (κ2) is 6.70. The van der Waals surface area contributed by atoms with Gasteiger partial charge >= 0.3 is 5.63 Å². The fraction of sp³-hybridized carbons (Fsp3) is 0.235. The van der Waals surface area contributed by atoms with Crippen LogP contribution in [0.25, 0.3) is 16.3 Å². The fourth-order valence-electron chi connectivity index (χ4n) is 2.24. The van der Waals surface area contributed by atoms with Crippen molar-refractivity contribution < 1.29 is 9.21 Å². The summed E-state index contributed by atoms with van der Waals surface area (Å²) in [6.07, 6.45) is 3.23. The van der Waals surface area contributed by atoms with Gasteiger partial charge in [-0.3, -0.25) is 4.79 Å². The second-order valence-corrected chi connectivity index (χ2v) is 7.63. The topological polar surface area (TPSA) is 72.2 Å². The van der Waals surface area contributed by atoms with Crippen LogP contribution in [0.5, 0.6) is 0 Å². The van der Waals surface area contributed by atoms with Crippen LogP contribution < -0.4 is 10.9 Å². The lowest BCUT2D eigenvalue weighted by atomic mass is 10.2. The molecule has 3 rings (SSSR count). The summed E-state index contributed by atoms with van der Waals surface area (Å²) in [6.45, 7) is 5.60. The first-order chi connectivity index (χ1) is 11.4. The number of carbonyl (C=O) groups is 1. The van der Waals surface area contributed by atoms with E-state index >= 15 is 0 Å². The molecule has 3 aromatic heterocycles. The molecule has 0 fully saturated rings. The summed E-state index contributed by atoms with van der Waals surface area (Å²) >= 11 is 3.01. The Morgan fingerprint density at radius 1 is 1.38 bits per heavy atom. The van der Waals surface area contributed by atoms with Crippen LogP contribution in [-0.4, -0.2) is 10.9 Å². The Labute approximate surface area is 146 Å². The molecular formula is C17H16N2O3S2. The van der Waals surface area contributed by atoms with Gasteiger partial charge in [-0.15, -0.1) is 22.7 Å². The summed E-state index contributed by atoms with van der Waals surface area (Å²) in [7, 11) is 0. The van der Waals surface area contributed by atoms with Crippen molar-refractivity contribution in [1.29, 1.82) is 0 Å². The molecule has 0 aliphatic carbocycles. The van der Waals surface area contributed by atoms with E-state index < -0.39 is 11.7 Å². The van der Waals surface area contributed by atoms with Crippen molar-refractivity contribution in [3.8, 4) is 0 Å². The van der Waals surface area contributed by atoms with Gasteiger partial charge in [0.2, 0.25) is 11.8 Å². The molecule has 0 aliphatic rings. The number of amides is 1. The highest BCUT2D eigenvalue weighted by Gasteiger charge is 2.16. The molecule has 1 amide bonds. The Kier molecular flexibility index (Phi) is 4.64. The van der Waals surface area contributed by atoms with Gasteiger partial charge in [-0.05, 0) is 49.9 Å². The molecular weight excluding hydrogens is 344 g/mol. The largest absolute Gasteiger partial charge is 0.406 e. The quantitative estimate of drug-likeness (QED) is 0.718. The second-order valence-electron chi connectivity index (χ2n) is 5.45. The van der Waals surface area contributed by atoms with Gasteiger partial charge in [0.25, 0.3) is 0 Å². The van der Waals surface area contributed by atoms with Crippen LogP contribution >= 0.6 is 22.7 Å². The predicted octanol–water partition coefficient (Wildman–Crippen LogP) is 3.82. The third-order valence-electron chi connectivity index (χ3n) is 3.46. The van der Waals surface area contributed by atoms with Crippen LogP contribution in [-0.2, 0) is 4.79 Å². The Morgan fingerprint density at radius 3 is 2.88 bits per heavy atom. The Hall–Kier alpha value is -2.25. The standard InChI is InChI=1S/C17H16N2O3S2/c1-9-8-23-16-14(9)17(21)22-15(19-16)11(3)18-13(20)7-6-12-5-4-10(2)24-12/h4-8,11H,1-3H3,(H,18,20)/b7-6+. The summed E-state index contributed by atoms with van der Waals surface area (Å²) in [5.41, 5.74) is 0.438.